The molecular weight excluding hydrogens is 374 g/mol. The van der Waals surface area contributed by atoms with Crippen LogP contribution < -0.4 is 10.1 Å². The Balaban J connectivity index is 1.49. The molecule has 5 heteroatoms. The predicted molar refractivity (Wildman–Crippen MR) is 122 cm³/mol. The molecule has 0 radical (unpaired) electrons. The lowest BCUT2D eigenvalue weighted by molar-refractivity contribution is -0.123. The van der Waals surface area contributed by atoms with Crippen molar-refractivity contribution in [3.8, 4) is 5.75 Å². The van der Waals surface area contributed by atoms with E-state index in [1.165, 1.54) is 18.4 Å². The maximum absolute atomic E-state index is 12.1. The maximum Gasteiger partial charge on any atom is 0.257 e. The molecule has 0 fully saturated rings. The summed E-state index contributed by atoms with van der Waals surface area (Å²) in [6, 6.07) is 14.3. The molecule has 1 amide bonds. The molecule has 0 bridgehead atoms. The number of unbranched alkanes of at least 4 members (excludes halogenated alkanes) is 2. The van der Waals surface area contributed by atoms with E-state index >= 15 is 0 Å². The molecule has 2 aromatic carbocycles. The van der Waals surface area contributed by atoms with Crippen LogP contribution in [0, 0.1) is 13.8 Å². The number of benzene rings is 2. The number of para-hydroxylation sites is 2. The van der Waals surface area contributed by atoms with Gasteiger partial charge in [-0.2, -0.15) is 0 Å². The van der Waals surface area contributed by atoms with Gasteiger partial charge in [-0.1, -0.05) is 44.0 Å². The molecule has 3 aromatic rings. The number of carbonyl (C=O) groups excluding carboxylic acids is 1. The zero-order valence-corrected chi connectivity index (χ0v) is 18.4. The first-order valence-electron chi connectivity index (χ1n) is 11.0. The Morgan fingerprint density at radius 3 is 2.77 bits per heavy atom. The Morgan fingerprint density at radius 2 is 1.93 bits per heavy atom. The monoisotopic (exact) mass is 407 g/mol. The van der Waals surface area contributed by atoms with Crippen LogP contribution in [0.5, 0.6) is 5.75 Å². The quantitative estimate of drug-likeness (QED) is 0.457. The first-order valence-corrected chi connectivity index (χ1v) is 11.0. The minimum atomic E-state index is -0.0904. The fourth-order valence-corrected chi connectivity index (χ4v) is 3.62. The van der Waals surface area contributed by atoms with Crippen molar-refractivity contribution in [2.75, 3.05) is 13.2 Å². The van der Waals surface area contributed by atoms with Crippen molar-refractivity contribution in [2.45, 2.75) is 59.4 Å². The molecule has 30 heavy (non-hydrogen) atoms. The zero-order chi connectivity index (χ0) is 21.3. The number of carbonyl (C=O) groups is 1. The van der Waals surface area contributed by atoms with Crippen molar-refractivity contribution >= 4 is 16.9 Å². The second kappa shape index (κ2) is 10.8. The number of aryl methyl sites for hydroxylation is 4. The van der Waals surface area contributed by atoms with Gasteiger partial charge in [0, 0.05) is 19.5 Å². The number of imidazole rings is 1. The van der Waals surface area contributed by atoms with E-state index in [-0.39, 0.29) is 12.5 Å². The fourth-order valence-electron chi connectivity index (χ4n) is 3.62. The first-order chi connectivity index (χ1) is 14.6. The van der Waals surface area contributed by atoms with Gasteiger partial charge in [0.25, 0.3) is 5.91 Å². The minimum Gasteiger partial charge on any atom is -0.483 e. The lowest BCUT2D eigenvalue weighted by Crippen LogP contribution is -2.30. The van der Waals surface area contributed by atoms with Crippen molar-refractivity contribution < 1.29 is 9.53 Å². The van der Waals surface area contributed by atoms with Crippen LogP contribution in [0.2, 0.25) is 0 Å². The summed E-state index contributed by atoms with van der Waals surface area (Å²) >= 11 is 0. The predicted octanol–water partition coefficient (Wildman–Crippen LogP) is 4.97. The molecule has 5 nitrogen and oxygen atoms in total. The summed E-state index contributed by atoms with van der Waals surface area (Å²) < 4.78 is 8.02. The van der Waals surface area contributed by atoms with Gasteiger partial charge in [0.15, 0.2) is 6.61 Å². The number of hydrogen-bond acceptors (Lipinski definition) is 3. The van der Waals surface area contributed by atoms with E-state index in [0.29, 0.717) is 6.54 Å². The molecule has 1 N–H and O–H groups in total. The van der Waals surface area contributed by atoms with Gasteiger partial charge in [-0.05, 0) is 56.0 Å². The number of amides is 1. The van der Waals surface area contributed by atoms with Gasteiger partial charge in [-0.15, -0.1) is 0 Å². The maximum atomic E-state index is 12.1. The largest absolute Gasteiger partial charge is 0.483 e. The number of nitrogens with zero attached hydrogens (tertiary/aromatic N) is 2. The fraction of sp³-hybridized carbons (Fsp3) is 0.440. The van der Waals surface area contributed by atoms with Crippen molar-refractivity contribution in [3.63, 3.8) is 0 Å². The van der Waals surface area contributed by atoms with Crippen LogP contribution in [0.1, 0.15) is 49.6 Å². The number of rotatable bonds is 11. The molecular formula is C25H33N3O2. The summed E-state index contributed by atoms with van der Waals surface area (Å²) in [4.78, 5) is 17.0. The molecule has 0 saturated heterocycles. The van der Waals surface area contributed by atoms with Gasteiger partial charge < -0.3 is 14.6 Å². The molecule has 1 heterocycles. The van der Waals surface area contributed by atoms with E-state index in [2.05, 4.69) is 35.0 Å². The number of fused-ring (bicyclic) bond motifs is 1. The van der Waals surface area contributed by atoms with E-state index in [9.17, 15) is 4.79 Å². The van der Waals surface area contributed by atoms with Gasteiger partial charge >= 0.3 is 0 Å². The van der Waals surface area contributed by atoms with Crippen molar-refractivity contribution in [1.82, 2.24) is 14.9 Å². The average molecular weight is 408 g/mol. The molecule has 0 atom stereocenters. The third-order valence-electron chi connectivity index (χ3n) is 5.32. The number of nitrogens with one attached hydrogen (secondary N) is 1. The van der Waals surface area contributed by atoms with Crippen molar-refractivity contribution in [2.24, 2.45) is 0 Å². The lowest BCUT2D eigenvalue weighted by Gasteiger charge is -2.11. The summed E-state index contributed by atoms with van der Waals surface area (Å²) in [5.41, 5.74) is 4.41. The van der Waals surface area contributed by atoms with Gasteiger partial charge in [0.2, 0.25) is 0 Å². The molecule has 0 saturated carbocycles. The van der Waals surface area contributed by atoms with E-state index < -0.39 is 0 Å². The summed E-state index contributed by atoms with van der Waals surface area (Å²) in [7, 11) is 0. The Hall–Kier alpha value is -2.82. The van der Waals surface area contributed by atoms with Crippen LogP contribution in [0.25, 0.3) is 11.0 Å². The normalized spacial score (nSPS) is 11.0. The Labute approximate surface area is 179 Å². The summed E-state index contributed by atoms with van der Waals surface area (Å²) in [5, 5.41) is 2.96. The van der Waals surface area contributed by atoms with Crippen LogP contribution in [0.15, 0.2) is 42.5 Å². The minimum absolute atomic E-state index is 0.0415. The van der Waals surface area contributed by atoms with Crippen LogP contribution in [0.4, 0.5) is 0 Å². The third-order valence-corrected chi connectivity index (χ3v) is 5.32. The number of aromatic nitrogens is 2. The van der Waals surface area contributed by atoms with Crippen LogP contribution in [-0.4, -0.2) is 28.6 Å². The average Bonchev–Trinajstić information content (AvgIpc) is 3.09. The second-order valence-electron chi connectivity index (χ2n) is 7.89. The third kappa shape index (κ3) is 5.85. The van der Waals surface area contributed by atoms with Gasteiger partial charge in [-0.25, -0.2) is 4.98 Å². The Bertz CT molecular complexity index is 978. The highest BCUT2D eigenvalue weighted by atomic mass is 16.5. The molecule has 0 unspecified atom stereocenters. The molecule has 0 aliphatic heterocycles. The summed E-state index contributed by atoms with van der Waals surface area (Å²) in [6.07, 6.45) is 5.29. The molecule has 0 aliphatic rings. The van der Waals surface area contributed by atoms with E-state index in [4.69, 9.17) is 9.72 Å². The second-order valence-corrected chi connectivity index (χ2v) is 7.89. The topological polar surface area (TPSA) is 56.2 Å². The van der Waals surface area contributed by atoms with Gasteiger partial charge in [0.05, 0.1) is 11.0 Å². The van der Waals surface area contributed by atoms with E-state index in [1.54, 1.807) is 0 Å². The summed E-state index contributed by atoms with van der Waals surface area (Å²) in [6.45, 7) is 7.88. The van der Waals surface area contributed by atoms with Gasteiger partial charge in [-0.3, -0.25) is 4.79 Å². The Kier molecular flexibility index (Phi) is 7.89. The van der Waals surface area contributed by atoms with Crippen molar-refractivity contribution in [1.29, 1.82) is 0 Å². The van der Waals surface area contributed by atoms with E-state index in [1.807, 2.05) is 38.1 Å². The molecule has 3 rings (SSSR count). The van der Waals surface area contributed by atoms with Crippen LogP contribution in [-0.2, 0) is 17.8 Å². The highest BCUT2D eigenvalue weighted by Crippen LogP contribution is 2.19. The molecule has 0 spiro atoms. The Morgan fingerprint density at radius 1 is 1.10 bits per heavy atom. The SMILES string of the molecule is CCCCCn1c(CCCNC(=O)COc2cc(C)ccc2C)nc2ccccc21. The molecule has 0 aliphatic carbocycles. The highest BCUT2D eigenvalue weighted by Gasteiger charge is 2.10. The first kappa shape index (κ1) is 21.9. The summed E-state index contributed by atoms with van der Waals surface area (Å²) in [5.74, 6) is 1.78. The van der Waals surface area contributed by atoms with Crippen LogP contribution >= 0.6 is 0 Å². The lowest BCUT2D eigenvalue weighted by atomic mass is 10.1. The van der Waals surface area contributed by atoms with Gasteiger partial charge in [0.1, 0.15) is 11.6 Å². The standard InChI is InChI=1S/C25H33N3O2/c1-4-5-8-16-28-22-11-7-6-10-21(22)27-24(28)12-9-15-26-25(29)18-30-23-17-19(2)13-14-20(23)3/h6-7,10-11,13-14,17H,4-5,8-9,12,15-16,18H2,1-3H3,(H,26,29). The van der Waals surface area contributed by atoms with E-state index in [0.717, 1.165) is 54.0 Å². The van der Waals surface area contributed by atoms with Crippen LogP contribution in [0.3, 0.4) is 0 Å². The smallest absolute Gasteiger partial charge is 0.257 e. The molecule has 160 valence electrons. The zero-order valence-electron chi connectivity index (χ0n) is 18.4. The molecule has 1 aromatic heterocycles. The number of hydrogen-bond donors (Lipinski definition) is 1. The highest BCUT2D eigenvalue weighted by molar-refractivity contribution is 5.77. The number of ether oxygens (including phenoxy) is 1. The van der Waals surface area contributed by atoms with Crippen molar-refractivity contribution in [3.05, 3.63) is 59.4 Å².